The molecular formula is C5H9O2. The third-order valence-electron chi connectivity index (χ3n) is 0.416. The van der Waals surface area contributed by atoms with Crippen molar-refractivity contribution in [3.05, 3.63) is 6.61 Å². The number of hydrogen-bond acceptors (Lipinski definition) is 2. The van der Waals surface area contributed by atoms with Gasteiger partial charge in [0.05, 0.1) is 0 Å². The van der Waals surface area contributed by atoms with Crippen LogP contribution in [-0.4, -0.2) is 5.97 Å². The highest BCUT2D eigenvalue weighted by atomic mass is 16.5. The van der Waals surface area contributed by atoms with E-state index in [1.54, 1.807) is 0 Å². The smallest absolute Gasteiger partial charge is 0.303 e. The Labute approximate surface area is 43.5 Å². The first-order valence-electron chi connectivity index (χ1n) is 2.26. The van der Waals surface area contributed by atoms with Gasteiger partial charge in [0.25, 0.3) is 0 Å². The second-order valence-corrected chi connectivity index (χ2v) is 1.18. The van der Waals surface area contributed by atoms with Gasteiger partial charge in [-0.05, 0) is 6.42 Å². The van der Waals surface area contributed by atoms with E-state index in [1.807, 2.05) is 6.92 Å². The highest BCUT2D eigenvalue weighted by Crippen LogP contribution is 1.85. The Balaban J connectivity index is 2.82. The van der Waals surface area contributed by atoms with E-state index in [4.69, 9.17) is 0 Å². The van der Waals surface area contributed by atoms with Gasteiger partial charge < -0.3 is 4.74 Å². The molecule has 0 atom stereocenters. The highest BCUT2D eigenvalue weighted by molar-refractivity contribution is 5.66. The third-order valence-corrected chi connectivity index (χ3v) is 0.416. The van der Waals surface area contributed by atoms with Crippen molar-refractivity contribution in [1.29, 1.82) is 0 Å². The van der Waals surface area contributed by atoms with Gasteiger partial charge in [0.15, 0.2) is 0 Å². The van der Waals surface area contributed by atoms with Gasteiger partial charge in [0.1, 0.15) is 6.61 Å². The van der Waals surface area contributed by atoms with Crippen LogP contribution in [0.3, 0.4) is 0 Å². The number of esters is 1. The fourth-order valence-electron chi connectivity index (χ4n) is 0.201. The Morgan fingerprint density at radius 2 is 2.43 bits per heavy atom. The molecule has 0 saturated heterocycles. The van der Waals surface area contributed by atoms with Gasteiger partial charge in [0.2, 0.25) is 0 Å². The minimum absolute atomic E-state index is 0.248. The molecule has 0 spiro atoms. The lowest BCUT2D eigenvalue weighted by Crippen LogP contribution is -1.93. The summed E-state index contributed by atoms with van der Waals surface area (Å²) in [5, 5.41) is 0. The van der Waals surface area contributed by atoms with Crippen LogP contribution in [0.1, 0.15) is 20.3 Å². The van der Waals surface area contributed by atoms with Crippen LogP contribution in [0.5, 0.6) is 0 Å². The number of rotatable bonds is 2. The fourth-order valence-corrected chi connectivity index (χ4v) is 0.201. The normalized spacial score (nSPS) is 8.29. The molecule has 0 rings (SSSR count). The second-order valence-electron chi connectivity index (χ2n) is 1.18. The molecule has 0 aliphatic heterocycles. The Kier molecular flexibility index (Phi) is 3.38. The predicted octanol–water partition coefficient (Wildman–Crippen LogP) is 1.12. The topological polar surface area (TPSA) is 26.3 Å². The zero-order valence-electron chi connectivity index (χ0n) is 4.60. The molecule has 0 saturated carbocycles. The summed E-state index contributed by atoms with van der Waals surface area (Å²) < 4.78 is 4.43. The van der Waals surface area contributed by atoms with Gasteiger partial charge >= 0.3 is 5.97 Å². The minimum atomic E-state index is -0.248. The van der Waals surface area contributed by atoms with Gasteiger partial charge in [0, 0.05) is 6.92 Å². The summed E-state index contributed by atoms with van der Waals surface area (Å²) in [6, 6.07) is 0. The molecule has 0 aliphatic carbocycles. The van der Waals surface area contributed by atoms with Crippen LogP contribution in [0.15, 0.2) is 0 Å². The lowest BCUT2D eigenvalue weighted by atomic mass is 10.5. The van der Waals surface area contributed by atoms with Crippen LogP contribution in [0.25, 0.3) is 0 Å². The molecule has 2 heteroatoms. The van der Waals surface area contributed by atoms with Gasteiger partial charge in [-0.15, -0.1) is 0 Å². The molecule has 0 bridgehead atoms. The lowest BCUT2D eigenvalue weighted by molar-refractivity contribution is -0.137. The van der Waals surface area contributed by atoms with Crippen molar-refractivity contribution < 1.29 is 9.53 Å². The van der Waals surface area contributed by atoms with Gasteiger partial charge in [-0.3, -0.25) is 4.79 Å². The summed E-state index contributed by atoms with van der Waals surface area (Å²) in [5.74, 6) is -0.248. The fraction of sp³-hybridized carbons (Fsp3) is 0.600. The largest absolute Gasteiger partial charge is 0.459 e. The second kappa shape index (κ2) is 3.65. The van der Waals surface area contributed by atoms with E-state index in [0.29, 0.717) is 0 Å². The first-order chi connectivity index (χ1) is 3.27. The first kappa shape index (κ1) is 6.47. The summed E-state index contributed by atoms with van der Waals surface area (Å²) in [5.41, 5.74) is 0. The molecule has 7 heavy (non-hydrogen) atoms. The molecule has 0 unspecified atom stereocenters. The molecule has 0 aromatic heterocycles. The van der Waals surface area contributed by atoms with E-state index < -0.39 is 0 Å². The zero-order chi connectivity index (χ0) is 5.70. The van der Waals surface area contributed by atoms with E-state index in [2.05, 4.69) is 4.74 Å². The summed E-state index contributed by atoms with van der Waals surface area (Å²) in [7, 11) is 0. The zero-order valence-corrected chi connectivity index (χ0v) is 4.60. The average Bonchev–Trinajstić information content (AvgIpc) is 1.61. The molecule has 0 fully saturated rings. The van der Waals surface area contributed by atoms with Crippen LogP contribution in [0.4, 0.5) is 0 Å². The number of ether oxygens (including phenoxy) is 1. The Hall–Kier alpha value is -0.530. The Morgan fingerprint density at radius 1 is 1.86 bits per heavy atom. The molecule has 41 valence electrons. The van der Waals surface area contributed by atoms with E-state index in [9.17, 15) is 4.79 Å². The molecule has 0 N–H and O–H groups in total. The van der Waals surface area contributed by atoms with Crippen molar-refractivity contribution in [2.45, 2.75) is 20.3 Å². The molecule has 0 aromatic rings. The standard InChI is InChI=1S/C5H9O2/c1-3-4-7-5(2)6/h4H,3H2,1-2H3. The van der Waals surface area contributed by atoms with E-state index >= 15 is 0 Å². The van der Waals surface area contributed by atoms with Crippen molar-refractivity contribution in [1.82, 2.24) is 0 Å². The summed E-state index contributed by atoms with van der Waals surface area (Å²) >= 11 is 0. The van der Waals surface area contributed by atoms with Crippen molar-refractivity contribution >= 4 is 5.97 Å². The maximum Gasteiger partial charge on any atom is 0.303 e. The monoisotopic (exact) mass is 101 g/mol. The van der Waals surface area contributed by atoms with E-state index in [-0.39, 0.29) is 5.97 Å². The molecule has 2 nitrogen and oxygen atoms in total. The van der Waals surface area contributed by atoms with Crippen LogP contribution in [0, 0.1) is 6.61 Å². The van der Waals surface area contributed by atoms with Crippen LogP contribution in [0.2, 0.25) is 0 Å². The molecule has 1 radical (unpaired) electrons. The quantitative estimate of drug-likeness (QED) is 0.487. The highest BCUT2D eigenvalue weighted by Gasteiger charge is 1.86. The molecule has 0 aromatic carbocycles. The predicted molar refractivity (Wildman–Crippen MR) is 26.4 cm³/mol. The van der Waals surface area contributed by atoms with Crippen molar-refractivity contribution in [3.63, 3.8) is 0 Å². The maximum atomic E-state index is 9.95. The first-order valence-corrected chi connectivity index (χ1v) is 2.26. The van der Waals surface area contributed by atoms with Crippen LogP contribution >= 0.6 is 0 Å². The number of hydrogen-bond donors (Lipinski definition) is 0. The maximum absolute atomic E-state index is 9.95. The molecule has 0 aliphatic rings. The van der Waals surface area contributed by atoms with E-state index in [1.165, 1.54) is 13.5 Å². The van der Waals surface area contributed by atoms with Gasteiger partial charge in [-0.2, -0.15) is 0 Å². The molecular weight excluding hydrogens is 92.1 g/mol. The Morgan fingerprint density at radius 3 is 2.57 bits per heavy atom. The Bertz CT molecular complexity index is 59.1. The minimum Gasteiger partial charge on any atom is -0.459 e. The summed E-state index contributed by atoms with van der Waals surface area (Å²) in [6.45, 7) is 4.76. The third kappa shape index (κ3) is 5.47. The SMILES string of the molecule is CC[CH]OC(C)=O. The molecule has 0 amide bonds. The van der Waals surface area contributed by atoms with Crippen molar-refractivity contribution in [3.8, 4) is 0 Å². The average molecular weight is 101 g/mol. The van der Waals surface area contributed by atoms with Gasteiger partial charge in [-0.25, -0.2) is 0 Å². The summed E-state index contributed by atoms with van der Waals surface area (Å²) in [4.78, 5) is 9.95. The summed E-state index contributed by atoms with van der Waals surface area (Å²) in [6.07, 6.45) is 0.777. The van der Waals surface area contributed by atoms with Crippen LogP contribution in [-0.2, 0) is 9.53 Å². The lowest BCUT2D eigenvalue weighted by Gasteiger charge is -1.92. The van der Waals surface area contributed by atoms with Gasteiger partial charge in [-0.1, -0.05) is 6.92 Å². The molecule has 0 heterocycles. The van der Waals surface area contributed by atoms with Crippen molar-refractivity contribution in [2.75, 3.05) is 0 Å². The number of carbonyl (C=O) groups excluding carboxylic acids is 1. The number of carbonyl (C=O) groups is 1. The van der Waals surface area contributed by atoms with Crippen molar-refractivity contribution in [2.24, 2.45) is 0 Å². The van der Waals surface area contributed by atoms with Crippen LogP contribution < -0.4 is 0 Å². The van der Waals surface area contributed by atoms with E-state index in [0.717, 1.165) is 6.42 Å².